The summed E-state index contributed by atoms with van der Waals surface area (Å²) in [4.78, 5) is 4.29. The van der Waals surface area contributed by atoms with Crippen molar-refractivity contribution in [2.75, 3.05) is 14.2 Å². The standard InChI is InChI=1S/C10H18ClIN2O2/c1-5-7(9(11)13)14-10(16-4)8(15-3)6(2)12/h6,8H,5,13H2,1-4H3/b9-7+,14-10+/t6-,8?/m1/s1. The lowest BCUT2D eigenvalue weighted by Crippen LogP contribution is -2.31. The van der Waals surface area contributed by atoms with Crippen LogP contribution in [0.2, 0.25) is 0 Å². The second-order valence-corrected chi connectivity index (χ2v) is 5.51. The highest BCUT2D eigenvalue weighted by molar-refractivity contribution is 14.1. The van der Waals surface area contributed by atoms with E-state index in [0.29, 0.717) is 18.0 Å². The van der Waals surface area contributed by atoms with Crippen LogP contribution in [0.25, 0.3) is 0 Å². The van der Waals surface area contributed by atoms with Gasteiger partial charge in [-0.15, -0.1) is 0 Å². The van der Waals surface area contributed by atoms with Gasteiger partial charge < -0.3 is 15.2 Å². The number of nitrogens with two attached hydrogens (primary N) is 1. The molecule has 0 saturated heterocycles. The molecule has 0 amide bonds. The van der Waals surface area contributed by atoms with E-state index in [4.69, 9.17) is 26.8 Å². The minimum Gasteiger partial charge on any atom is -0.482 e. The first kappa shape index (κ1) is 16.0. The van der Waals surface area contributed by atoms with Crippen LogP contribution in [0.5, 0.6) is 0 Å². The number of nitrogens with zero attached hydrogens (tertiary/aromatic N) is 1. The normalized spacial score (nSPS) is 17.8. The largest absolute Gasteiger partial charge is 0.482 e. The molecule has 1 unspecified atom stereocenters. The van der Waals surface area contributed by atoms with Gasteiger partial charge in [0, 0.05) is 11.0 Å². The van der Waals surface area contributed by atoms with Gasteiger partial charge in [-0.25, -0.2) is 4.99 Å². The van der Waals surface area contributed by atoms with E-state index in [1.807, 2.05) is 13.8 Å². The van der Waals surface area contributed by atoms with Crippen molar-refractivity contribution in [2.24, 2.45) is 10.7 Å². The van der Waals surface area contributed by atoms with E-state index in [1.165, 1.54) is 0 Å². The number of aliphatic imine (C=N–C) groups is 1. The van der Waals surface area contributed by atoms with Crippen LogP contribution in [0.3, 0.4) is 0 Å². The van der Waals surface area contributed by atoms with Crippen molar-refractivity contribution in [1.82, 2.24) is 0 Å². The highest BCUT2D eigenvalue weighted by Gasteiger charge is 2.22. The van der Waals surface area contributed by atoms with Crippen molar-refractivity contribution in [2.45, 2.75) is 30.3 Å². The number of rotatable bonds is 5. The summed E-state index contributed by atoms with van der Waals surface area (Å²) in [5, 5.41) is 0.188. The Morgan fingerprint density at radius 2 is 2.06 bits per heavy atom. The van der Waals surface area contributed by atoms with E-state index in [-0.39, 0.29) is 15.2 Å². The highest BCUT2D eigenvalue weighted by Crippen LogP contribution is 2.16. The van der Waals surface area contributed by atoms with E-state index in [0.717, 1.165) is 0 Å². The molecule has 6 heteroatoms. The molecular formula is C10H18ClIN2O2. The molecule has 0 radical (unpaired) electrons. The molecule has 2 atom stereocenters. The van der Waals surface area contributed by atoms with Gasteiger partial charge in [-0.3, -0.25) is 0 Å². The third kappa shape index (κ3) is 4.88. The van der Waals surface area contributed by atoms with E-state index >= 15 is 0 Å². The Bertz CT molecular complexity index is 276. The topological polar surface area (TPSA) is 56.8 Å². The summed E-state index contributed by atoms with van der Waals surface area (Å²) >= 11 is 7.98. The van der Waals surface area contributed by atoms with E-state index in [9.17, 15) is 0 Å². The average Bonchev–Trinajstić information content (AvgIpc) is 2.22. The Kier molecular flexibility index (Phi) is 8.13. The van der Waals surface area contributed by atoms with Crippen molar-refractivity contribution in [3.8, 4) is 0 Å². The maximum atomic E-state index is 5.72. The Balaban J connectivity index is 5.10. The minimum absolute atomic E-state index is 0.188. The van der Waals surface area contributed by atoms with Crippen LogP contribution in [0.15, 0.2) is 15.8 Å². The number of alkyl halides is 1. The van der Waals surface area contributed by atoms with Gasteiger partial charge in [-0.05, 0) is 6.42 Å². The van der Waals surface area contributed by atoms with E-state index in [2.05, 4.69) is 27.6 Å². The number of ether oxygens (including phenoxy) is 2. The molecule has 0 aliphatic carbocycles. The lowest BCUT2D eigenvalue weighted by Gasteiger charge is -2.19. The Labute approximate surface area is 115 Å². The maximum absolute atomic E-state index is 5.72. The quantitative estimate of drug-likeness (QED) is 0.270. The number of halogens is 2. The highest BCUT2D eigenvalue weighted by atomic mass is 127. The lowest BCUT2D eigenvalue weighted by atomic mass is 10.2. The molecule has 0 saturated carbocycles. The van der Waals surface area contributed by atoms with Crippen molar-refractivity contribution in [1.29, 1.82) is 0 Å². The van der Waals surface area contributed by atoms with Crippen LogP contribution in [-0.2, 0) is 9.47 Å². The molecule has 2 N–H and O–H groups in total. The zero-order valence-corrected chi connectivity index (χ0v) is 12.9. The van der Waals surface area contributed by atoms with Crippen LogP contribution in [0, 0.1) is 0 Å². The third-order valence-electron chi connectivity index (χ3n) is 1.98. The van der Waals surface area contributed by atoms with E-state index in [1.54, 1.807) is 14.2 Å². The Morgan fingerprint density at radius 1 is 1.50 bits per heavy atom. The summed E-state index contributed by atoms with van der Waals surface area (Å²) < 4.78 is 10.8. The van der Waals surface area contributed by atoms with E-state index < -0.39 is 0 Å². The summed E-state index contributed by atoms with van der Waals surface area (Å²) in [6.07, 6.45) is 0.442. The first-order chi connectivity index (χ1) is 7.47. The van der Waals surface area contributed by atoms with Crippen molar-refractivity contribution >= 4 is 40.1 Å². The molecule has 94 valence electrons. The molecule has 16 heavy (non-hydrogen) atoms. The molecule has 0 fully saturated rings. The number of hydrogen-bond donors (Lipinski definition) is 1. The Hall–Kier alpha value is -0.0100. The monoisotopic (exact) mass is 360 g/mol. The van der Waals surface area contributed by atoms with Crippen molar-refractivity contribution in [3.63, 3.8) is 0 Å². The molecule has 0 aromatic rings. The first-order valence-electron chi connectivity index (χ1n) is 4.91. The zero-order valence-electron chi connectivity index (χ0n) is 9.96. The van der Waals surface area contributed by atoms with Crippen LogP contribution < -0.4 is 5.73 Å². The van der Waals surface area contributed by atoms with Gasteiger partial charge in [0.05, 0.1) is 12.8 Å². The molecule has 0 aliphatic rings. The molecule has 0 aromatic carbocycles. The number of hydrogen-bond acceptors (Lipinski definition) is 4. The van der Waals surface area contributed by atoms with Gasteiger partial charge in [0.1, 0.15) is 11.3 Å². The van der Waals surface area contributed by atoms with Crippen molar-refractivity contribution < 1.29 is 9.47 Å². The fourth-order valence-corrected chi connectivity index (χ4v) is 1.92. The van der Waals surface area contributed by atoms with Crippen LogP contribution in [0.1, 0.15) is 20.3 Å². The average molecular weight is 361 g/mol. The summed E-state index contributed by atoms with van der Waals surface area (Å²) in [6.45, 7) is 3.94. The summed E-state index contributed by atoms with van der Waals surface area (Å²) in [5.41, 5.74) is 6.12. The van der Waals surface area contributed by atoms with Crippen LogP contribution in [0.4, 0.5) is 0 Å². The molecule has 0 heterocycles. The molecule has 0 aromatic heterocycles. The fourth-order valence-electron chi connectivity index (χ4n) is 1.14. The fraction of sp³-hybridized carbons (Fsp3) is 0.700. The van der Waals surface area contributed by atoms with Crippen LogP contribution in [-0.4, -0.2) is 30.1 Å². The minimum atomic E-state index is -0.205. The van der Waals surface area contributed by atoms with Gasteiger partial charge in [0.25, 0.3) is 0 Å². The molecule has 0 bridgehead atoms. The number of allylic oxidation sites excluding steroid dienone is 1. The second kappa shape index (κ2) is 8.14. The Morgan fingerprint density at radius 3 is 2.31 bits per heavy atom. The van der Waals surface area contributed by atoms with Gasteiger partial charge in [0.15, 0.2) is 0 Å². The second-order valence-electron chi connectivity index (χ2n) is 3.14. The molecule has 0 aliphatic heterocycles. The zero-order chi connectivity index (χ0) is 12.7. The maximum Gasteiger partial charge on any atom is 0.219 e. The summed E-state index contributed by atoms with van der Waals surface area (Å²) in [7, 11) is 3.18. The molecule has 0 rings (SSSR count). The first-order valence-corrected chi connectivity index (χ1v) is 6.53. The van der Waals surface area contributed by atoms with Crippen LogP contribution >= 0.6 is 34.2 Å². The number of methoxy groups -OCH3 is 2. The smallest absolute Gasteiger partial charge is 0.219 e. The lowest BCUT2D eigenvalue weighted by molar-refractivity contribution is 0.137. The molecular weight excluding hydrogens is 342 g/mol. The molecule has 4 nitrogen and oxygen atoms in total. The van der Waals surface area contributed by atoms with Gasteiger partial charge in [-0.1, -0.05) is 48.0 Å². The summed E-state index contributed by atoms with van der Waals surface area (Å²) in [5.74, 6) is 0.491. The third-order valence-corrected chi connectivity index (χ3v) is 2.85. The van der Waals surface area contributed by atoms with Gasteiger partial charge in [0.2, 0.25) is 5.90 Å². The predicted molar refractivity (Wildman–Crippen MR) is 76.1 cm³/mol. The SMILES string of the molecule is CCC(/N=C(/OC)C(OC)[C@@H](C)I)=C(\N)Cl. The van der Waals surface area contributed by atoms with Gasteiger partial charge >= 0.3 is 0 Å². The van der Waals surface area contributed by atoms with Gasteiger partial charge in [-0.2, -0.15) is 0 Å². The summed E-state index contributed by atoms with van der Waals surface area (Å²) in [6, 6.07) is 0. The van der Waals surface area contributed by atoms with Crippen molar-refractivity contribution in [3.05, 3.63) is 10.9 Å². The molecule has 0 spiro atoms. The predicted octanol–water partition coefficient (Wildman–Crippen LogP) is 2.65.